The highest BCUT2D eigenvalue weighted by Crippen LogP contribution is 2.39. The second-order valence-electron chi connectivity index (χ2n) is 4.56. The minimum absolute atomic E-state index is 0.0497. The molecule has 2 aromatic carbocycles. The van der Waals surface area contributed by atoms with Crippen molar-refractivity contribution in [2.24, 2.45) is 0 Å². The number of Topliss-reactive ketones (excluding diaryl/α,β-unsaturated/α-hetero) is 1. The van der Waals surface area contributed by atoms with Gasteiger partial charge < -0.3 is 0 Å². The Balaban J connectivity index is 0.000000235. The van der Waals surface area contributed by atoms with Gasteiger partial charge in [0.25, 0.3) is 0 Å². The van der Waals surface area contributed by atoms with Gasteiger partial charge in [-0.2, -0.15) is 0 Å². The molecule has 0 unspecified atom stereocenters. The molecule has 6 heteroatoms. The maximum Gasteiger partial charge on any atom is 0.159 e. The number of benzene rings is 2. The summed E-state index contributed by atoms with van der Waals surface area (Å²) in [5.74, 6) is -0.468. The van der Waals surface area contributed by atoms with Gasteiger partial charge in [0.15, 0.2) is 5.78 Å². The Morgan fingerprint density at radius 2 is 1.59 bits per heavy atom. The number of rotatable bonds is 2. The zero-order chi connectivity index (χ0) is 16.9. The van der Waals surface area contributed by atoms with Gasteiger partial charge in [0.05, 0.1) is 5.02 Å². The van der Waals surface area contributed by atoms with E-state index in [2.05, 4.69) is 0 Å². The Morgan fingerprint density at radius 3 is 2.00 bits per heavy atom. The van der Waals surface area contributed by atoms with Crippen molar-refractivity contribution in [3.8, 4) is 0 Å². The van der Waals surface area contributed by atoms with E-state index in [1.54, 1.807) is 6.92 Å². The Kier molecular flexibility index (Phi) is 7.14. The van der Waals surface area contributed by atoms with E-state index in [9.17, 15) is 9.18 Å². The average molecular weight is 382 g/mol. The summed E-state index contributed by atoms with van der Waals surface area (Å²) in [6, 6.07) is 11.6. The fraction of sp³-hybridized carbons (Fsp3) is 0.188. The standard InChI is InChI=1S/C8H5Cl4F.C8H8O/c1-8(11,12)4-2-7(13)6(10)3-5(4)9;1-7(9)8-5-3-2-4-6-8/h2-3H,1H3;2-6H,1H3. The van der Waals surface area contributed by atoms with Crippen LogP contribution >= 0.6 is 46.4 Å². The highest BCUT2D eigenvalue weighted by atomic mass is 35.5. The number of hydrogen-bond acceptors (Lipinski definition) is 1. The van der Waals surface area contributed by atoms with E-state index < -0.39 is 10.2 Å². The lowest BCUT2D eigenvalue weighted by Crippen LogP contribution is -2.05. The highest BCUT2D eigenvalue weighted by molar-refractivity contribution is 6.49. The van der Waals surface area contributed by atoms with Gasteiger partial charge in [-0.1, -0.05) is 76.7 Å². The first-order valence-corrected chi connectivity index (χ1v) is 7.73. The van der Waals surface area contributed by atoms with Gasteiger partial charge in [-0.05, 0) is 26.0 Å². The van der Waals surface area contributed by atoms with Crippen LogP contribution in [0.15, 0.2) is 42.5 Å². The van der Waals surface area contributed by atoms with Crippen molar-refractivity contribution < 1.29 is 9.18 Å². The monoisotopic (exact) mass is 380 g/mol. The summed E-state index contributed by atoms with van der Waals surface area (Å²) in [6.45, 7) is 3.07. The number of carbonyl (C=O) groups is 1. The van der Waals surface area contributed by atoms with Crippen LogP contribution in [0.25, 0.3) is 0 Å². The van der Waals surface area contributed by atoms with E-state index in [-0.39, 0.29) is 15.8 Å². The van der Waals surface area contributed by atoms with Crippen molar-refractivity contribution in [2.45, 2.75) is 18.2 Å². The van der Waals surface area contributed by atoms with Gasteiger partial charge in [-0.15, -0.1) is 0 Å². The van der Waals surface area contributed by atoms with E-state index in [1.165, 1.54) is 13.0 Å². The summed E-state index contributed by atoms with van der Waals surface area (Å²) >= 11 is 22.8. The SMILES string of the molecule is CC(=O)c1ccccc1.CC(Cl)(Cl)c1cc(F)c(Cl)cc1Cl. The molecule has 0 aliphatic carbocycles. The normalized spacial score (nSPS) is 10.7. The topological polar surface area (TPSA) is 17.1 Å². The van der Waals surface area contributed by atoms with Crippen molar-refractivity contribution in [3.05, 3.63) is 69.5 Å². The van der Waals surface area contributed by atoms with Crippen molar-refractivity contribution in [2.75, 3.05) is 0 Å². The molecule has 0 saturated heterocycles. The van der Waals surface area contributed by atoms with Gasteiger partial charge in [0.1, 0.15) is 10.2 Å². The van der Waals surface area contributed by atoms with E-state index in [0.29, 0.717) is 5.56 Å². The molecule has 0 N–H and O–H groups in total. The number of ketones is 1. The molecular weight excluding hydrogens is 369 g/mol. The maximum atomic E-state index is 13.0. The van der Waals surface area contributed by atoms with Crippen LogP contribution in [-0.4, -0.2) is 5.78 Å². The number of carbonyl (C=O) groups excluding carboxylic acids is 1. The Hall–Kier alpha value is -0.800. The van der Waals surface area contributed by atoms with Gasteiger partial charge in [-0.25, -0.2) is 4.39 Å². The Bertz CT molecular complexity index is 651. The van der Waals surface area contributed by atoms with Gasteiger partial charge >= 0.3 is 0 Å². The second kappa shape index (κ2) is 8.16. The number of alkyl halides is 2. The fourth-order valence-corrected chi connectivity index (χ4v) is 2.51. The first kappa shape index (κ1) is 19.2. The first-order valence-electron chi connectivity index (χ1n) is 6.21. The van der Waals surface area contributed by atoms with Crippen molar-refractivity contribution in [1.29, 1.82) is 0 Å². The molecule has 0 aliphatic heterocycles. The third-order valence-electron chi connectivity index (χ3n) is 2.66. The lowest BCUT2D eigenvalue weighted by atomic mass is 10.1. The summed E-state index contributed by atoms with van der Waals surface area (Å²) in [5, 5.41) is 0.199. The number of hydrogen-bond donors (Lipinski definition) is 0. The van der Waals surface area contributed by atoms with Crippen molar-refractivity contribution >= 4 is 52.2 Å². The quantitative estimate of drug-likeness (QED) is 0.322. The second-order valence-corrected chi connectivity index (χ2v) is 7.08. The maximum absolute atomic E-state index is 13.0. The molecule has 0 amide bonds. The molecule has 0 spiro atoms. The van der Waals surface area contributed by atoms with Gasteiger partial charge in [0.2, 0.25) is 0 Å². The molecule has 0 atom stereocenters. The predicted molar refractivity (Wildman–Crippen MR) is 91.9 cm³/mol. The molecule has 0 bridgehead atoms. The zero-order valence-corrected chi connectivity index (χ0v) is 14.9. The van der Waals surface area contributed by atoms with E-state index in [0.717, 1.165) is 11.6 Å². The summed E-state index contributed by atoms with van der Waals surface area (Å²) in [4.78, 5) is 10.6. The smallest absolute Gasteiger partial charge is 0.159 e. The molecule has 2 aromatic rings. The van der Waals surface area contributed by atoms with Crippen molar-refractivity contribution in [1.82, 2.24) is 0 Å². The lowest BCUT2D eigenvalue weighted by Gasteiger charge is -2.15. The molecule has 1 nitrogen and oxygen atoms in total. The summed E-state index contributed by atoms with van der Waals surface area (Å²) in [7, 11) is 0. The molecule has 22 heavy (non-hydrogen) atoms. The molecule has 0 saturated carbocycles. The van der Waals surface area contributed by atoms with Crippen LogP contribution in [0, 0.1) is 5.82 Å². The summed E-state index contributed by atoms with van der Waals surface area (Å²) in [5.41, 5.74) is 1.08. The van der Waals surface area contributed by atoms with Crippen LogP contribution < -0.4 is 0 Å². The third kappa shape index (κ3) is 5.77. The van der Waals surface area contributed by atoms with Crippen LogP contribution in [0.4, 0.5) is 4.39 Å². The van der Waals surface area contributed by atoms with Gasteiger partial charge in [-0.3, -0.25) is 4.79 Å². The van der Waals surface area contributed by atoms with E-state index in [4.69, 9.17) is 46.4 Å². The summed E-state index contributed by atoms with van der Waals surface area (Å²) < 4.78 is 11.8. The van der Waals surface area contributed by atoms with Crippen LogP contribution in [0.3, 0.4) is 0 Å². The molecule has 0 radical (unpaired) electrons. The Labute approximate surface area is 148 Å². The summed E-state index contributed by atoms with van der Waals surface area (Å²) in [6.07, 6.45) is 0. The van der Waals surface area contributed by atoms with Crippen LogP contribution in [0.5, 0.6) is 0 Å². The number of halogens is 5. The zero-order valence-electron chi connectivity index (χ0n) is 11.8. The molecule has 0 heterocycles. The molecule has 0 aromatic heterocycles. The lowest BCUT2D eigenvalue weighted by molar-refractivity contribution is 0.101. The molecule has 0 fully saturated rings. The Morgan fingerprint density at radius 1 is 1.05 bits per heavy atom. The van der Waals surface area contributed by atoms with Crippen LogP contribution in [0.1, 0.15) is 29.8 Å². The van der Waals surface area contributed by atoms with E-state index >= 15 is 0 Å². The first-order chi connectivity index (χ1) is 10.1. The van der Waals surface area contributed by atoms with Crippen LogP contribution in [0.2, 0.25) is 10.0 Å². The average Bonchev–Trinajstić information content (AvgIpc) is 2.43. The molecule has 2 rings (SSSR count). The fourth-order valence-electron chi connectivity index (χ4n) is 1.53. The minimum atomic E-state index is -1.22. The highest BCUT2D eigenvalue weighted by Gasteiger charge is 2.24. The molecule has 0 aliphatic rings. The predicted octanol–water partition coefficient (Wildman–Crippen LogP) is 6.67. The third-order valence-corrected chi connectivity index (χ3v) is 3.67. The van der Waals surface area contributed by atoms with E-state index in [1.807, 2.05) is 30.3 Å². The molecular formula is C16H13Cl4FO. The minimum Gasteiger partial charge on any atom is -0.295 e. The van der Waals surface area contributed by atoms with Crippen LogP contribution in [-0.2, 0) is 4.33 Å². The van der Waals surface area contributed by atoms with Crippen molar-refractivity contribution in [3.63, 3.8) is 0 Å². The largest absolute Gasteiger partial charge is 0.295 e. The molecule has 118 valence electrons. The van der Waals surface area contributed by atoms with Gasteiger partial charge in [0, 0.05) is 16.1 Å².